The second-order valence-corrected chi connectivity index (χ2v) is 6.20. The number of aromatic nitrogens is 4. The summed E-state index contributed by atoms with van der Waals surface area (Å²) in [6, 6.07) is 5.26. The molecular weight excluding hydrogens is 378 g/mol. The molecule has 3 aromatic rings. The first-order valence-corrected chi connectivity index (χ1v) is 8.60. The Bertz CT molecular complexity index is 1040. The molecule has 0 spiro atoms. The fourth-order valence-electron chi connectivity index (χ4n) is 2.86. The van der Waals surface area contributed by atoms with Crippen LogP contribution in [0.25, 0.3) is 0 Å². The van der Waals surface area contributed by atoms with Crippen molar-refractivity contribution in [2.75, 3.05) is 18.2 Å². The number of nitrogens with two attached hydrogens (primary N) is 1. The summed E-state index contributed by atoms with van der Waals surface area (Å²) in [6.45, 7) is 1.49. The van der Waals surface area contributed by atoms with Crippen LogP contribution in [0.3, 0.4) is 0 Å². The van der Waals surface area contributed by atoms with Gasteiger partial charge in [0.15, 0.2) is 11.5 Å². The van der Waals surface area contributed by atoms with E-state index >= 15 is 0 Å². The van der Waals surface area contributed by atoms with Gasteiger partial charge in [-0.3, -0.25) is 19.6 Å². The second kappa shape index (κ2) is 8.33. The average Bonchev–Trinajstić information content (AvgIpc) is 3.16. The molecule has 0 fully saturated rings. The van der Waals surface area contributed by atoms with Gasteiger partial charge in [0.1, 0.15) is 11.8 Å². The van der Waals surface area contributed by atoms with Crippen molar-refractivity contribution in [1.29, 1.82) is 0 Å². The summed E-state index contributed by atoms with van der Waals surface area (Å²) in [5, 5.41) is 18.3. The van der Waals surface area contributed by atoms with E-state index in [4.69, 9.17) is 10.5 Å². The van der Waals surface area contributed by atoms with Crippen LogP contribution in [0.5, 0.6) is 5.75 Å². The van der Waals surface area contributed by atoms with Gasteiger partial charge >= 0.3 is 0 Å². The van der Waals surface area contributed by atoms with Crippen molar-refractivity contribution >= 4 is 17.4 Å². The van der Waals surface area contributed by atoms with Gasteiger partial charge in [-0.1, -0.05) is 12.1 Å². The van der Waals surface area contributed by atoms with Crippen LogP contribution in [0, 0.1) is 10.1 Å². The number of rotatable bonds is 7. The number of ether oxygens (including phenoxy) is 1. The highest BCUT2D eigenvalue weighted by Crippen LogP contribution is 2.27. The van der Waals surface area contributed by atoms with Gasteiger partial charge < -0.3 is 15.8 Å². The normalized spacial score (nSPS) is 12.8. The van der Waals surface area contributed by atoms with Gasteiger partial charge in [-0.2, -0.15) is 5.10 Å². The standard InChI is InChI=1S/C18H19N7O4/c1-11(25(27)28)16(12-4-3-5-14(8-12)29-2)24-10-13(9-22-24)23-18(26)15-17(19)21-7-6-20-15/h3-11,16H,1-2H3,(H2,19,21)(H,23,26). The van der Waals surface area contributed by atoms with E-state index in [1.165, 1.54) is 43.5 Å². The lowest BCUT2D eigenvalue weighted by Gasteiger charge is -2.19. The molecule has 150 valence electrons. The third kappa shape index (κ3) is 4.29. The van der Waals surface area contributed by atoms with E-state index in [1.807, 2.05) is 0 Å². The van der Waals surface area contributed by atoms with Crippen LogP contribution >= 0.6 is 0 Å². The Morgan fingerprint density at radius 2 is 2.10 bits per heavy atom. The van der Waals surface area contributed by atoms with Crippen molar-refractivity contribution in [2.45, 2.75) is 19.0 Å². The zero-order valence-corrected chi connectivity index (χ0v) is 15.7. The third-order valence-corrected chi connectivity index (χ3v) is 4.31. The Kier molecular flexibility index (Phi) is 5.67. The minimum absolute atomic E-state index is 0.00590. The molecule has 1 amide bonds. The SMILES string of the molecule is COc1cccc(C(C(C)[N+](=O)[O-])n2cc(NC(=O)c3nccnc3N)cn2)c1. The summed E-state index contributed by atoms with van der Waals surface area (Å²) in [6.07, 6.45) is 5.63. The highest BCUT2D eigenvalue weighted by molar-refractivity contribution is 6.05. The van der Waals surface area contributed by atoms with Gasteiger partial charge in [-0.15, -0.1) is 0 Å². The summed E-state index contributed by atoms with van der Waals surface area (Å²) < 4.78 is 6.65. The highest BCUT2D eigenvalue weighted by Gasteiger charge is 2.31. The van der Waals surface area contributed by atoms with Crippen molar-refractivity contribution in [3.05, 3.63) is 70.4 Å². The van der Waals surface area contributed by atoms with Gasteiger partial charge in [0.2, 0.25) is 6.04 Å². The molecule has 0 bridgehead atoms. The zero-order valence-electron chi connectivity index (χ0n) is 15.7. The van der Waals surface area contributed by atoms with Crippen molar-refractivity contribution in [1.82, 2.24) is 19.7 Å². The van der Waals surface area contributed by atoms with Gasteiger partial charge in [0.25, 0.3) is 5.91 Å². The Morgan fingerprint density at radius 3 is 2.79 bits per heavy atom. The summed E-state index contributed by atoms with van der Waals surface area (Å²) in [5.41, 5.74) is 6.62. The molecule has 2 unspecified atom stereocenters. The van der Waals surface area contributed by atoms with Crippen LogP contribution in [-0.2, 0) is 0 Å². The molecule has 0 aliphatic carbocycles. The largest absolute Gasteiger partial charge is 0.497 e. The predicted octanol–water partition coefficient (Wildman–Crippen LogP) is 1.77. The average molecular weight is 397 g/mol. The first kappa shape index (κ1) is 19.7. The monoisotopic (exact) mass is 397 g/mol. The number of nitrogens with zero attached hydrogens (tertiary/aromatic N) is 5. The third-order valence-electron chi connectivity index (χ3n) is 4.31. The fraction of sp³-hybridized carbons (Fsp3) is 0.222. The van der Waals surface area contributed by atoms with E-state index in [9.17, 15) is 14.9 Å². The van der Waals surface area contributed by atoms with Crippen LogP contribution in [-0.4, -0.2) is 43.7 Å². The number of amides is 1. The van der Waals surface area contributed by atoms with Gasteiger partial charge in [-0.25, -0.2) is 9.97 Å². The minimum Gasteiger partial charge on any atom is -0.497 e. The molecule has 1 aromatic carbocycles. The number of hydrogen-bond donors (Lipinski definition) is 2. The van der Waals surface area contributed by atoms with E-state index in [0.29, 0.717) is 17.0 Å². The summed E-state index contributed by atoms with van der Waals surface area (Å²) in [4.78, 5) is 31.2. The number of nitro groups is 1. The van der Waals surface area contributed by atoms with E-state index in [2.05, 4.69) is 20.4 Å². The molecule has 29 heavy (non-hydrogen) atoms. The van der Waals surface area contributed by atoms with Gasteiger partial charge in [0.05, 0.1) is 19.0 Å². The molecule has 0 aliphatic rings. The number of carbonyl (C=O) groups excluding carboxylic acids is 1. The van der Waals surface area contributed by atoms with Crippen molar-refractivity contribution in [3.8, 4) is 5.75 Å². The molecule has 11 nitrogen and oxygen atoms in total. The number of carbonyl (C=O) groups is 1. The number of benzene rings is 1. The van der Waals surface area contributed by atoms with Crippen molar-refractivity contribution < 1.29 is 14.5 Å². The van der Waals surface area contributed by atoms with E-state index in [0.717, 1.165) is 0 Å². The van der Waals surface area contributed by atoms with Gasteiger partial charge in [0, 0.05) is 30.4 Å². The molecule has 0 radical (unpaired) electrons. The van der Waals surface area contributed by atoms with E-state index < -0.39 is 18.0 Å². The predicted molar refractivity (Wildman–Crippen MR) is 104 cm³/mol. The van der Waals surface area contributed by atoms with E-state index in [1.54, 1.807) is 24.3 Å². The molecule has 3 N–H and O–H groups in total. The van der Waals surface area contributed by atoms with Crippen molar-refractivity contribution in [2.24, 2.45) is 0 Å². The van der Waals surface area contributed by atoms with Crippen LogP contribution in [0.15, 0.2) is 49.1 Å². The fourth-order valence-corrected chi connectivity index (χ4v) is 2.86. The molecule has 2 atom stereocenters. The topological polar surface area (TPSA) is 151 Å². The highest BCUT2D eigenvalue weighted by atomic mass is 16.6. The van der Waals surface area contributed by atoms with Crippen LogP contribution in [0.1, 0.15) is 29.0 Å². The summed E-state index contributed by atoms with van der Waals surface area (Å²) in [5.74, 6) is 0.00545. The minimum atomic E-state index is -0.985. The zero-order chi connectivity index (χ0) is 21.0. The Balaban J connectivity index is 1.90. The molecular formula is C18H19N7O4. The smallest absolute Gasteiger partial charge is 0.278 e. The Morgan fingerprint density at radius 1 is 1.34 bits per heavy atom. The maximum Gasteiger partial charge on any atom is 0.278 e. The Labute approximate surface area is 165 Å². The van der Waals surface area contributed by atoms with E-state index in [-0.39, 0.29) is 16.4 Å². The number of methoxy groups -OCH3 is 1. The van der Waals surface area contributed by atoms with Crippen LogP contribution in [0.2, 0.25) is 0 Å². The molecule has 2 aromatic heterocycles. The molecule has 3 rings (SSSR count). The molecule has 11 heteroatoms. The molecule has 0 saturated heterocycles. The maximum absolute atomic E-state index is 12.4. The first-order valence-electron chi connectivity index (χ1n) is 8.60. The van der Waals surface area contributed by atoms with Gasteiger partial charge in [-0.05, 0) is 17.7 Å². The summed E-state index contributed by atoms with van der Waals surface area (Å²) >= 11 is 0. The summed E-state index contributed by atoms with van der Waals surface area (Å²) in [7, 11) is 1.52. The lowest BCUT2D eigenvalue weighted by Crippen LogP contribution is -2.30. The first-order chi connectivity index (χ1) is 13.9. The molecule has 0 saturated carbocycles. The number of anilines is 2. The number of nitrogen functional groups attached to an aromatic ring is 1. The maximum atomic E-state index is 12.4. The number of hydrogen-bond acceptors (Lipinski definition) is 8. The molecule has 2 heterocycles. The number of nitrogens with one attached hydrogen (secondary N) is 1. The molecule has 0 aliphatic heterocycles. The quantitative estimate of drug-likeness (QED) is 0.452. The van der Waals surface area contributed by atoms with Crippen LogP contribution in [0.4, 0.5) is 11.5 Å². The lowest BCUT2D eigenvalue weighted by atomic mass is 10.0. The van der Waals surface area contributed by atoms with Crippen molar-refractivity contribution in [3.63, 3.8) is 0 Å². The lowest BCUT2D eigenvalue weighted by molar-refractivity contribution is -0.523. The van der Waals surface area contributed by atoms with Crippen LogP contribution < -0.4 is 15.8 Å². The second-order valence-electron chi connectivity index (χ2n) is 6.20. The Hall–Kier alpha value is -4.02.